The van der Waals surface area contributed by atoms with Crippen molar-refractivity contribution >= 4 is 49.8 Å². The van der Waals surface area contributed by atoms with Crippen molar-refractivity contribution in [2.45, 2.75) is 12.5 Å². The summed E-state index contributed by atoms with van der Waals surface area (Å²) in [7, 11) is 0. The summed E-state index contributed by atoms with van der Waals surface area (Å²) in [6.07, 6.45) is 2.20. The maximum absolute atomic E-state index is 13.3. The number of carbonyl (C=O) groups excluding carboxylic acids is 2. The summed E-state index contributed by atoms with van der Waals surface area (Å²) in [5, 5.41) is 22.7. The number of nitro benzene ring substituents is 1. The molecule has 0 radical (unpaired) electrons. The lowest BCUT2D eigenvalue weighted by atomic mass is 9.97. The molecule has 1 unspecified atom stereocenters. The maximum Gasteiger partial charge on any atom is 0.301 e. The molecular formula is C25H16N4O6S. The van der Waals surface area contributed by atoms with Crippen molar-refractivity contribution < 1.29 is 24.4 Å². The quantitative estimate of drug-likeness (QED) is 0.145. The number of rotatable bonds is 4. The van der Waals surface area contributed by atoms with E-state index in [2.05, 4.69) is 9.97 Å². The zero-order valence-corrected chi connectivity index (χ0v) is 19.3. The summed E-state index contributed by atoms with van der Waals surface area (Å²) in [6.45, 7) is 0.535. The number of thiazole rings is 1. The van der Waals surface area contributed by atoms with Gasteiger partial charge in [0, 0.05) is 30.3 Å². The van der Waals surface area contributed by atoms with Gasteiger partial charge in [-0.15, -0.1) is 0 Å². The molecular weight excluding hydrogens is 484 g/mol. The minimum absolute atomic E-state index is 0.109. The highest BCUT2D eigenvalue weighted by Gasteiger charge is 2.49. The van der Waals surface area contributed by atoms with E-state index in [0.29, 0.717) is 34.5 Å². The number of amides is 1. The number of aliphatic hydroxyl groups excluding tert-OH is 1. The number of hydrogen-bond acceptors (Lipinski definition) is 9. The van der Waals surface area contributed by atoms with E-state index < -0.39 is 22.7 Å². The normalized spacial score (nSPS) is 18.4. The van der Waals surface area contributed by atoms with E-state index in [1.54, 1.807) is 36.4 Å². The van der Waals surface area contributed by atoms with Crippen LogP contribution < -0.4 is 9.64 Å². The second-order valence-corrected chi connectivity index (χ2v) is 9.26. The van der Waals surface area contributed by atoms with Gasteiger partial charge in [-0.2, -0.15) is 0 Å². The van der Waals surface area contributed by atoms with Crippen molar-refractivity contribution in [3.05, 3.63) is 93.3 Å². The lowest BCUT2D eigenvalue weighted by Gasteiger charge is -2.22. The lowest BCUT2D eigenvalue weighted by molar-refractivity contribution is -0.384. The Morgan fingerprint density at radius 2 is 2.03 bits per heavy atom. The van der Waals surface area contributed by atoms with Crippen molar-refractivity contribution in [1.29, 1.82) is 0 Å². The Kier molecular flexibility index (Phi) is 5.00. The monoisotopic (exact) mass is 500 g/mol. The lowest BCUT2D eigenvalue weighted by Crippen LogP contribution is -2.29. The molecule has 1 saturated heterocycles. The van der Waals surface area contributed by atoms with Gasteiger partial charge in [0.2, 0.25) is 0 Å². The van der Waals surface area contributed by atoms with E-state index in [0.717, 1.165) is 22.6 Å². The highest BCUT2D eigenvalue weighted by molar-refractivity contribution is 7.22. The second kappa shape index (κ2) is 8.24. The van der Waals surface area contributed by atoms with E-state index in [1.165, 1.54) is 29.3 Å². The molecule has 36 heavy (non-hydrogen) atoms. The number of aromatic nitrogens is 2. The van der Waals surface area contributed by atoms with Crippen LogP contribution >= 0.6 is 11.3 Å². The van der Waals surface area contributed by atoms with Gasteiger partial charge in [0.25, 0.3) is 11.5 Å². The number of ketones is 1. The fourth-order valence-electron chi connectivity index (χ4n) is 4.45. The first-order chi connectivity index (χ1) is 17.4. The van der Waals surface area contributed by atoms with Gasteiger partial charge in [0.1, 0.15) is 17.6 Å². The summed E-state index contributed by atoms with van der Waals surface area (Å²) in [5.74, 6) is -1.34. The Bertz CT molecular complexity index is 1610. The number of nitro groups is 1. The molecule has 0 aliphatic carbocycles. The Morgan fingerprint density at radius 1 is 1.17 bits per heavy atom. The summed E-state index contributed by atoms with van der Waals surface area (Å²) in [6, 6.07) is 13.3. The van der Waals surface area contributed by atoms with Gasteiger partial charge in [-0.25, -0.2) is 4.98 Å². The minimum Gasteiger partial charge on any atom is -0.507 e. The molecule has 2 aliphatic rings. The number of ether oxygens (including phenoxy) is 1. The van der Waals surface area contributed by atoms with Gasteiger partial charge in [0.05, 0.1) is 33.0 Å². The van der Waals surface area contributed by atoms with Crippen LogP contribution in [0, 0.1) is 10.1 Å². The van der Waals surface area contributed by atoms with Crippen LogP contribution in [0.2, 0.25) is 0 Å². The van der Waals surface area contributed by atoms with Crippen LogP contribution in [-0.4, -0.2) is 38.3 Å². The first-order valence-corrected chi connectivity index (χ1v) is 11.8. The first-order valence-electron chi connectivity index (χ1n) is 11.0. The van der Waals surface area contributed by atoms with Crippen LogP contribution in [-0.2, 0) is 16.0 Å². The smallest absolute Gasteiger partial charge is 0.301 e. The minimum atomic E-state index is -1.04. The standard InChI is InChI=1S/C25H16N4O6S/c30-22(14-4-7-18-13(11-14)8-10-35-18)20-21(17-3-1-2-9-26-17)28(24(32)23(20)31)25-27-16-6-5-15(29(33)34)12-19(16)36-25/h1-7,9,11-12,21,30H,8,10H2/b22-20+. The molecule has 1 amide bonds. The van der Waals surface area contributed by atoms with Crippen LogP contribution in [0.4, 0.5) is 10.8 Å². The van der Waals surface area contributed by atoms with Crippen LogP contribution in [0.1, 0.15) is 22.9 Å². The number of hydrogen-bond donors (Lipinski definition) is 1. The third-order valence-electron chi connectivity index (χ3n) is 6.15. The summed E-state index contributed by atoms with van der Waals surface area (Å²) >= 11 is 1.04. The van der Waals surface area contributed by atoms with Crippen molar-refractivity contribution in [2.24, 2.45) is 0 Å². The Labute approximate surface area is 207 Å². The van der Waals surface area contributed by atoms with E-state index >= 15 is 0 Å². The Morgan fingerprint density at radius 3 is 2.81 bits per heavy atom. The van der Waals surface area contributed by atoms with Crippen molar-refractivity contribution in [1.82, 2.24) is 9.97 Å². The molecule has 2 aromatic heterocycles. The van der Waals surface area contributed by atoms with Gasteiger partial charge in [0.15, 0.2) is 5.13 Å². The Balaban J connectivity index is 1.53. The average Bonchev–Trinajstić information content (AvgIpc) is 3.59. The van der Waals surface area contributed by atoms with Crippen LogP contribution in [0.5, 0.6) is 5.75 Å². The Hall–Kier alpha value is -4.64. The van der Waals surface area contributed by atoms with Gasteiger partial charge >= 0.3 is 5.91 Å². The van der Waals surface area contributed by atoms with E-state index in [9.17, 15) is 24.8 Å². The summed E-state index contributed by atoms with van der Waals surface area (Å²) in [5.41, 5.74) is 1.88. The molecule has 10 nitrogen and oxygen atoms in total. The maximum atomic E-state index is 13.3. The molecule has 1 fully saturated rings. The number of Topliss-reactive ketones (excluding diaryl/α,β-unsaturated/α-hetero) is 1. The van der Waals surface area contributed by atoms with Crippen LogP contribution in [0.15, 0.2) is 66.4 Å². The highest BCUT2D eigenvalue weighted by Crippen LogP contribution is 2.44. The fraction of sp³-hybridized carbons (Fsp3) is 0.120. The first kappa shape index (κ1) is 21.9. The van der Waals surface area contributed by atoms with Gasteiger partial charge in [-0.05, 0) is 42.0 Å². The zero-order chi connectivity index (χ0) is 25.0. The van der Waals surface area contributed by atoms with E-state index in [4.69, 9.17) is 4.74 Å². The molecule has 4 heterocycles. The fourth-order valence-corrected chi connectivity index (χ4v) is 5.48. The second-order valence-electron chi connectivity index (χ2n) is 8.25. The molecule has 1 N–H and O–H groups in total. The van der Waals surface area contributed by atoms with E-state index in [-0.39, 0.29) is 22.2 Å². The molecule has 0 spiro atoms. The average molecular weight is 500 g/mol. The molecule has 6 rings (SSSR count). The van der Waals surface area contributed by atoms with Crippen molar-refractivity contribution in [3.63, 3.8) is 0 Å². The molecule has 1 atom stereocenters. The highest BCUT2D eigenvalue weighted by atomic mass is 32.1. The third kappa shape index (κ3) is 3.40. The summed E-state index contributed by atoms with van der Waals surface area (Å²) in [4.78, 5) is 47.3. The third-order valence-corrected chi connectivity index (χ3v) is 7.17. The van der Waals surface area contributed by atoms with Crippen LogP contribution in [0.25, 0.3) is 16.0 Å². The van der Waals surface area contributed by atoms with Crippen LogP contribution in [0.3, 0.4) is 0 Å². The number of aliphatic hydroxyl groups is 1. The molecule has 11 heteroatoms. The SMILES string of the molecule is O=C1C(=O)N(c2nc3ccc([N+](=O)[O-])cc3s2)C(c2ccccn2)/C1=C(\O)c1ccc2c(c1)CCO2. The number of fused-ring (bicyclic) bond motifs is 2. The van der Waals surface area contributed by atoms with Gasteiger partial charge < -0.3 is 9.84 Å². The number of nitrogens with zero attached hydrogens (tertiary/aromatic N) is 4. The predicted octanol–water partition coefficient (Wildman–Crippen LogP) is 4.16. The number of benzene rings is 2. The topological polar surface area (TPSA) is 136 Å². The zero-order valence-electron chi connectivity index (χ0n) is 18.5. The molecule has 2 aromatic carbocycles. The summed E-state index contributed by atoms with van der Waals surface area (Å²) < 4.78 is 6.01. The molecule has 4 aromatic rings. The number of non-ortho nitro benzene ring substituents is 1. The predicted molar refractivity (Wildman–Crippen MR) is 131 cm³/mol. The number of carbonyl (C=O) groups is 2. The largest absolute Gasteiger partial charge is 0.507 e. The molecule has 0 saturated carbocycles. The molecule has 0 bridgehead atoms. The van der Waals surface area contributed by atoms with Crippen molar-refractivity contribution in [2.75, 3.05) is 11.5 Å². The number of pyridine rings is 1. The molecule has 2 aliphatic heterocycles. The van der Waals surface area contributed by atoms with Gasteiger partial charge in [-0.1, -0.05) is 17.4 Å². The molecule has 178 valence electrons. The van der Waals surface area contributed by atoms with Crippen molar-refractivity contribution in [3.8, 4) is 5.75 Å². The number of anilines is 1. The van der Waals surface area contributed by atoms with Gasteiger partial charge in [-0.3, -0.25) is 29.6 Å². The van der Waals surface area contributed by atoms with E-state index in [1.807, 2.05) is 0 Å².